The molecular weight excluding hydrogens is 370 g/mol. The Bertz CT molecular complexity index is 741. The largest absolute Gasteiger partial charge is 0.365 e. The molecule has 142 valence electrons. The first-order valence-electron chi connectivity index (χ1n) is 8.60. The summed E-state index contributed by atoms with van der Waals surface area (Å²) in [4.78, 5) is 23.9. The summed E-state index contributed by atoms with van der Waals surface area (Å²) < 4.78 is 6.29. The third-order valence-corrected chi connectivity index (χ3v) is 5.78. The summed E-state index contributed by atoms with van der Waals surface area (Å²) in [6, 6.07) is 3.61. The molecule has 0 aromatic carbocycles. The maximum absolute atomic E-state index is 12.1. The molecule has 0 saturated carbocycles. The van der Waals surface area contributed by atoms with Gasteiger partial charge in [-0.3, -0.25) is 10.1 Å². The summed E-state index contributed by atoms with van der Waals surface area (Å²) in [7, 11) is 1.96. The first-order chi connectivity index (χ1) is 12.5. The lowest BCUT2D eigenvalue weighted by molar-refractivity contribution is 0.0998. The number of rotatable bonds is 10. The molecule has 0 bridgehead atoms. The number of nitrogens with one attached hydrogen (secondary N) is 2. The Balaban J connectivity index is 1.88. The van der Waals surface area contributed by atoms with Crippen LogP contribution in [0.2, 0.25) is 0 Å². The van der Waals surface area contributed by atoms with Gasteiger partial charge in [0.1, 0.15) is 15.6 Å². The molecule has 0 aliphatic rings. The number of carbonyl (C=O) groups is 2. The minimum atomic E-state index is -0.573. The van der Waals surface area contributed by atoms with Crippen LogP contribution in [-0.4, -0.2) is 33.2 Å². The molecule has 2 heterocycles. The van der Waals surface area contributed by atoms with Crippen molar-refractivity contribution in [1.29, 1.82) is 0 Å². The minimum Gasteiger partial charge on any atom is -0.365 e. The quantitative estimate of drug-likeness (QED) is 0.424. The molecule has 2 rings (SSSR count). The second kappa shape index (κ2) is 10.2. The number of amides is 3. The van der Waals surface area contributed by atoms with Gasteiger partial charge in [0.25, 0.3) is 5.91 Å². The number of hydrogen-bond acceptors (Lipinski definition) is 5. The van der Waals surface area contributed by atoms with Crippen molar-refractivity contribution < 1.29 is 9.59 Å². The molecule has 0 atom stereocenters. The number of nitrogens with zero attached hydrogens (tertiary/aromatic N) is 2. The molecule has 7 nitrogen and oxygen atoms in total. The Morgan fingerprint density at radius 2 is 2.19 bits per heavy atom. The van der Waals surface area contributed by atoms with Gasteiger partial charge in [0, 0.05) is 31.9 Å². The van der Waals surface area contributed by atoms with Crippen LogP contribution < -0.4 is 16.4 Å². The summed E-state index contributed by atoms with van der Waals surface area (Å²) >= 11 is 2.59. The van der Waals surface area contributed by atoms with Gasteiger partial charge in [0.15, 0.2) is 0 Å². The van der Waals surface area contributed by atoms with Crippen LogP contribution in [0.3, 0.4) is 0 Å². The fraction of sp³-hybridized carbons (Fsp3) is 0.471. The highest BCUT2D eigenvalue weighted by molar-refractivity contribution is 7.99. The van der Waals surface area contributed by atoms with Crippen LogP contribution in [0.15, 0.2) is 23.4 Å². The Kier molecular flexibility index (Phi) is 7.99. The lowest BCUT2D eigenvalue weighted by Gasteiger charge is -2.08. The number of urea groups is 1. The highest BCUT2D eigenvalue weighted by atomic mass is 32.2. The Morgan fingerprint density at radius 1 is 1.38 bits per heavy atom. The smallest absolute Gasteiger partial charge is 0.319 e. The number of carbonyl (C=O) groups excluding carboxylic acids is 2. The zero-order valence-electron chi connectivity index (χ0n) is 15.1. The van der Waals surface area contributed by atoms with E-state index in [2.05, 4.69) is 21.9 Å². The van der Waals surface area contributed by atoms with Gasteiger partial charge >= 0.3 is 6.03 Å². The number of unbranched alkanes of at least 4 members (excludes halogenated alkanes) is 2. The van der Waals surface area contributed by atoms with E-state index in [0.717, 1.165) is 48.7 Å². The van der Waals surface area contributed by atoms with Crippen LogP contribution in [0.5, 0.6) is 0 Å². The van der Waals surface area contributed by atoms with Gasteiger partial charge in [-0.15, -0.1) is 11.8 Å². The SMILES string of the molecule is CCCCCSc1nsc(NC(=O)NCCc2cccn2C)c1C(N)=O. The third-order valence-electron chi connectivity index (χ3n) is 3.84. The van der Waals surface area contributed by atoms with Crippen LogP contribution in [0.1, 0.15) is 42.2 Å². The normalized spacial score (nSPS) is 10.7. The van der Waals surface area contributed by atoms with Crippen molar-refractivity contribution in [2.45, 2.75) is 37.6 Å². The lowest BCUT2D eigenvalue weighted by Crippen LogP contribution is -2.31. The number of anilines is 1. The Labute approximate surface area is 161 Å². The average molecular weight is 396 g/mol. The van der Waals surface area contributed by atoms with Gasteiger partial charge in [-0.25, -0.2) is 4.79 Å². The summed E-state index contributed by atoms with van der Waals surface area (Å²) in [6.07, 6.45) is 6.01. The number of aryl methyl sites for hydroxylation is 1. The van der Waals surface area contributed by atoms with E-state index in [4.69, 9.17) is 5.73 Å². The van der Waals surface area contributed by atoms with Crippen LogP contribution in [0, 0.1) is 0 Å². The fourth-order valence-corrected chi connectivity index (χ4v) is 4.37. The van der Waals surface area contributed by atoms with E-state index in [0.29, 0.717) is 22.1 Å². The first-order valence-corrected chi connectivity index (χ1v) is 10.4. The maximum Gasteiger partial charge on any atom is 0.319 e. The van der Waals surface area contributed by atoms with E-state index < -0.39 is 5.91 Å². The highest BCUT2D eigenvalue weighted by Crippen LogP contribution is 2.32. The van der Waals surface area contributed by atoms with E-state index in [1.807, 2.05) is 29.9 Å². The molecule has 0 aliphatic heterocycles. The topological polar surface area (TPSA) is 102 Å². The molecule has 0 aliphatic carbocycles. The number of thioether (sulfide) groups is 1. The Morgan fingerprint density at radius 3 is 2.85 bits per heavy atom. The number of nitrogens with two attached hydrogens (primary N) is 1. The summed E-state index contributed by atoms with van der Waals surface area (Å²) in [5, 5.41) is 6.47. The molecule has 0 unspecified atom stereocenters. The monoisotopic (exact) mass is 395 g/mol. The van der Waals surface area contributed by atoms with Crippen molar-refractivity contribution in [1.82, 2.24) is 14.3 Å². The standard InChI is InChI=1S/C17H25N5O2S2/c1-3-4-5-11-25-16-13(14(18)23)15(26-21-16)20-17(24)19-9-8-12-7-6-10-22(12)2/h6-7,10H,3-5,8-9,11H2,1-2H3,(H2,18,23)(H2,19,20,24). The lowest BCUT2D eigenvalue weighted by atomic mass is 10.3. The van der Waals surface area contributed by atoms with Gasteiger partial charge < -0.3 is 15.6 Å². The van der Waals surface area contributed by atoms with E-state index in [9.17, 15) is 9.59 Å². The maximum atomic E-state index is 12.1. The molecule has 9 heteroatoms. The predicted molar refractivity (Wildman–Crippen MR) is 107 cm³/mol. The van der Waals surface area contributed by atoms with Crippen molar-refractivity contribution in [3.63, 3.8) is 0 Å². The molecule has 3 amide bonds. The molecule has 26 heavy (non-hydrogen) atoms. The number of primary amides is 1. The van der Waals surface area contributed by atoms with Crippen LogP contribution in [0.4, 0.5) is 9.80 Å². The van der Waals surface area contributed by atoms with E-state index in [1.165, 1.54) is 11.8 Å². The molecule has 2 aromatic heterocycles. The molecule has 0 spiro atoms. The van der Waals surface area contributed by atoms with Gasteiger partial charge in [0.05, 0.1) is 0 Å². The third kappa shape index (κ3) is 5.77. The first kappa shape index (κ1) is 20.3. The molecular formula is C17H25N5O2S2. The summed E-state index contributed by atoms with van der Waals surface area (Å²) in [6.45, 7) is 2.63. The van der Waals surface area contributed by atoms with E-state index in [1.54, 1.807) is 0 Å². The van der Waals surface area contributed by atoms with E-state index >= 15 is 0 Å². The number of aromatic nitrogens is 2. The van der Waals surface area contributed by atoms with Crippen molar-refractivity contribution in [3.05, 3.63) is 29.6 Å². The van der Waals surface area contributed by atoms with Crippen molar-refractivity contribution in [3.8, 4) is 0 Å². The van der Waals surface area contributed by atoms with Gasteiger partial charge in [-0.05, 0) is 35.8 Å². The molecule has 0 saturated heterocycles. The average Bonchev–Trinajstić information content (AvgIpc) is 3.18. The molecule has 2 aromatic rings. The minimum absolute atomic E-state index is 0.300. The molecule has 0 fully saturated rings. The molecule has 0 radical (unpaired) electrons. The highest BCUT2D eigenvalue weighted by Gasteiger charge is 2.20. The second-order valence-corrected chi connectivity index (χ2v) is 7.71. The summed E-state index contributed by atoms with van der Waals surface area (Å²) in [5.41, 5.74) is 6.92. The van der Waals surface area contributed by atoms with Crippen molar-refractivity contribution in [2.24, 2.45) is 12.8 Å². The second-order valence-electron chi connectivity index (χ2n) is 5.85. The molecule has 4 N–H and O–H groups in total. The zero-order valence-corrected chi connectivity index (χ0v) is 16.7. The summed E-state index contributed by atoms with van der Waals surface area (Å²) in [5.74, 6) is 0.302. The zero-order chi connectivity index (χ0) is 18.9. The van der Waals surface area contributed by atoms with Gasteiger partial charge in [-0.2, -0.15) is 4.37 Å². The number of hydrogen-bond donors (Lipinski definition) is 3. The fourth-order valence-electron chi connectivity index (χ4n) is 2.41. The predicted octanol–water partition coefficient (Wildman–Crippen LogP) is 3.23. The van der Waals surface area contributed by atoms with Crippen LogP contribution in [0.25, 0.3) is 0 Å². The van der Waals surface area contributed by atoms with Crippen LogP contribution in [-0.2, 0) is 13.5 Å². The van der Waals surface area contributed by atoms with E-state index in [-0.39, 0.29) is 6.03 Å². The van der Waals surface area contributed by atoms with Gasteiger partial charge in [-0.1, -0.05) is 19.8 Å². The van der Waals surface area contributed by atoms with Gasteiger partial charge in [0.2, 0.25) is 0 Å². The van der Waals surface area contributed by atoms with Crippen molar-refractivity contribution in [2.75, 3.05) is 17.6 Å². The Hall–Kier alpha value is -2.00. The van der Waals surface area contributed by atoms with Crippen molar-refractivity contribution >= 4 is 40.2 Å². The van der Waals surface area contributed by atoms with Crippen LogP contribution >= 0.6 is 23.3 Å².